The van der Waals surface area contributed by atoms with Gasteiger partial charge in [0, 0.05) is 6.42 Å². The predicted octanol–water partition coefficient (Wildman–Crippen LogP) is 3.59. The van der Waals surface area contributed by atoms with Gasteiger partial charge in [-0.25, -0.2) is 4.39 Å². The molecule has 92 valence electrons. The second-order valence-electron chi connectivity index (χ2n) is 4.32. The SMILES string of the molecule is C=C(C(F)(F)F)C(C)(F)[C@H]1CCCCC1=O. The molecule has 5 heteroatoms. The lowest BCUT2D eigenvalue weighted by atomic mass is 9.74. The van der Waals surface area contributed by atoms with Gasteiger partial charge in [-0.2, -0.15) is 13.2 Å². The lowest BCUT2D eigenvalue weighted by Gasteiger charge is -2.34. The van der Waals surface area contributed by atoms with Crippen molar-refractivity contribution in [2.45, 2.75) is 44.5 Å². The summed E-state index contributed by atoms with van der Waals surface area (Å²) in [7, 11) is 0. The van der Waals surface area contributed by atoms with Gasteiger partial charge in [-0.1, -0.05) is 13.0 Å². The summed E-state index contributed by atoms with van der Waals surface area (Å²) >= 11 is 0. The fourth-order valence-electron chi connectivity index (χ4n) is 2.04. The van der Waals surface area contributed by atoms with Gasteiger partial charge in [0.05, 0.1) is 11.5 Å². The standard InChI is InChI=1S/C11H14F4O/c1-7(11(13,14)15)10(2,12)8-5-3-4-6-9(8)16/h8H,1,3-6H2,2H3/t8-,10?/m0/s1. The lowest BCUT2D eigenvalue weighted by molar-refractivity contribution is -0.135. The first kappa shape index (κ1) is 13.2. The highest BCUT2D eigenvalue weighted by Crippen LogP contribution is 2.43. The van der Waals surface area contributed by atoms with Crippen LogP contribution in [0, 0.1) is 5.92 Å². The van der Waals surface area contributed by atoms with E-state index >= 15 is 0 Å². The Morgan fingerprint density at radius 1 is 1.31 bits per heavy atom. The molecule has 0 aliphatic heterocycles. The van der Waals surface area contributed by atoms with Gasteiger partial charge in [-0.15, -0.1) is 0 Å². The van der Waals surface area contributed by atoms with Gasteiger partial charge in [0.15, 0.2) is 0 Å². The average Bonchev–Trinajstić information content (AvgIpc) is 2.15. The number of rotatable bonds is 2. The molecule has 0 amide bonds. The summed E-state index contributed by atoms with van der Waals surface area (Å²) in [6.45, 7) is 3.56. The third-order valence-electron chi connectivity index (χ3n) is 3.14. The maximum atomic E-state index is 14.1. The van der Waals surface area contributed by atoms with Gasteiger partial charge in [0.1, 0.15) is 11.5 Å². The van der Waals surface area contributed by atoms with E-state index in [-0.39, 0.29) is 12.8 Å². The molecule has 0 aromatic carbocycles. The number of hydrogen-bond donors (Lipinski definition) is 0. The van der Waals surface area contributed by atoms with E-state index in [1.54, 1.807) is 0 Å². The first-order valence-electron chi connectivity index (χ1n) is 5.15. The van der Waals surface area contributed by atoms with E-state index < -0.39 is 29.1 Å². The van der Waals surface area contributed by atoms with Crippen molar-refractivity contribution in [3.8, 4) is 0 Å². The molecule has 16 heavy (non-hydrogen) atoms. The Kier molecular flexibility index (Phi) is 3.45. The summed E-state index contributed by atoms with van der Waals surface area (Å²) in [6.07, 6.45) is -3.25. The highest BCUT2D eigenvalue weighted by Gasteiger charge is 2.51. The second kappa shape index (κ2) is 4.18. The Bertz CT molecular complexity index is 304. The topological polar surface area (TPSA) is 17.1 Å². The summed E-state index contributed by atoms with van der Waals surface area (Å²) < 4.78 is 51.2. The first-order chi connectivity index (χ1) is 7.17. The largest absolute Gasteiger partial charge is 0.415 e. The molecule has 0 aromatic heterocycles. The molecule has 0 heterocycles. The zero-order valence-corrected chi connectivity index (χ0v) is 9.03. The minimum atomic E-state index is -4.79. The minimum Gasteiger partial charge on any atom is -0.299 e. The number of carbonyl (C=O) groups excluding carboxylic acids is 1. The third kappa shape index (κ3) is 2.44. The van der Waals surface area contributed by atoms with Crippen LogP contribution in [0.1, 0.15) is 32.6 Å². The van der Waals surface area contributed by atoms with Gasteiger partial charge in [0.25, 0.3) is 0 Å². The maximum absolute atomic E-state index is 14.1. The van der Waals surface area contributed by atoms with Crippen LogP contribution in [0.2, 0.25) is 0 Å². The quantitative estimate of drug-likeness (QED) is 0.530. The Labute approximate surface area is 91.5 Å². The smallest absolute Gasteiger partial charge is 0.299 e. The molecule has 1 unspecified atom stereocenters. The van der Waals surface area contributed by atoms with Crippen molar-refractivity contribution in [2.24, 2.45) is 5.92 Å². The van der Waals surface area contributed by atoms with Gasteiger partial charge in [-0.05, 0) is 19.8 Å². The molecule has 0 aromatic rings. The van der Waals surface area contributed by atoms with Crippen LogP contribution in [0.4, 0.5) is 17.6 Å². The van der Waals surface area contributed by atoms with Gasteiger partial charge in [-0.3, -0.25) is 4.79 Å². The second-order valence-corrected chi connectivity index (χ2v) is 4.32. The van der Waals surface area contributed by atoms with Crippen LogP contribution in [0.3, 0.4) is 0 Å². The van der Waals surface area contributed by atoms with Crippen molar-refractivity contribution in [2.75, 3.05) is 0 Å². The van der Waals surface area contributed by atoms with E-state index in [2.05, 4.69) is 6.58 Å². The van der Waals surface area contributed by atoms with Crippen molar-refractivity contribution in [3.05, 3.63) is 12.2 Å². The summed E-state index contributed by atoms with van der Waals surface area (Å²) in [6, 6.07) is 0. The van der Waals surface area contributed by atoms with Crippen LogP contribution in [0.15, 0.2) is 12.2 Å². The summed E-state index contributed by atoms with van der Waals surface area (Å²) in [4.78, 5) is 11.4. The van der Waals surface area contributed by atoms with Crippen molar-refractivity contribution in [1.82, 2.24) is 0 Å². The fraction of sp³-hybridized carbons (Fsp3) is 0.727. The van der Waals surface area contributed by atoms with Gasteiger partial charge in [0.2, 0.25) is 0 Å². The number of halogens is 4. The van der Waals surface area contributed by atoms with Crippen LogP contribution in [0.25, 0.3) is 0 Å². The summed E-state index contributed by atoms with van der Waals surface area (Å²) in [5, 5.41) is 0. The molecule has 2 atom stereocenters. The molecule has 1 nitrogen and oxygen atoms in total. The normalized spacial score (nSPS) is 26.3. The van der Waals surface area contributed by atoms with Crippen molar-refractivity contribution in [3.63, 3.8) is 0 Å². The molecule has 0 radical (unpaired) electrons. The molecule has 0 spiro atoms. The van der Waals surface area contributed by atoms with E-state index in [9.17, 15) is 22.4 Å². The van der Waals surface area contributed by atoms with E-state index in [0.29, 0.717) is 12.8 Å². The molecule has 1 aliphatic carbocycles. The number of ketones is 1. The van der Waals surface area contributed by atoms with Gasteiger partial charge >= 0.3 is 6.18 Å². The zero-order chi connectivity index (χ0) is 12.6. The van der Waals surface area contributed by atoms with Crippen LogP contribution in [0.5, 0.6) is 0 Å². The number of Topliss-reactive ketones (excluding diaryl/α,β-unsaturated/α-hetero) is 1. The van der Waals surface area contributed by atoms with E-state index in [1.807, 2.05) is 0 Å². The predicted molar refractivity (Wildman–Crippen MR) is 51.7 cm³/mol. The fourth-order valence-corrected chi connectivity index (χ4v) is 2.04. The van der Waals surface area contributed by atoms with Crippen LogP contribution < -0.4 is 0 Å². The van der Waals surface area contributed by atoms with E-state index in [4.69, 9.17) is 0 Å². The minimum absolute atomic E-state index is 0.162. The van der Waals surface area contributed by atoms with Crippen molar-refractivity contribution in [1.29, 1.82) is 0 Å². The molecule has 1 saturated carbocycles. The molecule has 1 fully saturated rings. The maximum Gasteiger partial charge on any atom is 0.415 e. The molecular weight excluding hydrogens is 224 g/mol. The Morgan fingerprint density at radius 2 is 1.88 bits per heavy atom. The number of hydrogen-bond acceptors (Lipinski definition) is 1. The zero-order valence-electron chi connectivity index (χ0n) is 9.03. The van der Waals surface area contributed by atoms with Crippen LogP contribution in [-0.2, 0) is 4.79 Å². The van der Waals surface area contributed by atoms with Crippen molar-refractivity contribution < 1.29 is 22.4 Å². The summed E-state index contributed by atoms with van der Waals surface area (Å²) in [5.41, 5.74) is -4.14. The third-order valence-corrected chi connectivity index (χ3v) is 3.14. The first-order valence-corrected chi connectivity index (χ1v) is 5.15. The molecule has 1 rings (SSSR count). The van der Waals surface area contributed by atoms with Gasteiger partial charge < -0.3 is 0 Å². The number of carbonyl (C=O) groups is 1. The molecular formula is C11H14F4O. The highest BCUT2D eigenvalue weighted by molar-refractivity contribution is 5.83. The van der Waals surface area contributed by atoms with E-state index in [1.165, 1.54) is 0 Å². The number of allylic oxidation sites excluding steroid dienone is 1. The van der Waals surface area contributed by atoms with Crippen LogP contribution >= 0.6 is 0 Å². The van der Waals surface area contributed by atoms with E-state index in [0.717, 1.165) is 6.92 Å². The molecule has 1 aliphatic rings. The Morgan fingerprint density at radius 3 is 2.31 bits per heavy atom. The number of alkyl halides is 4. The monoisotopic (exact) mass is 238 g/mol. The Balaban J connectivity index is 2.91. The molecule has 0 saturated heterocycles. The highest BCUT2D eigenvalue weighted by atomic mass is 19.4. The van der Waals surface area contributed by atoms with Crippen molar-refractivity contribution >= 4 is 5.78 Å². The van der Waals surface area contributed by atoms with Crippen LogP contribution in [-0.4, -0.2) is 17.6 Å². The summed E-state index contributed by atoms with van der Waals surface area (Å²) in [5.74, 6) is -1.63. The Hall–Kier alpha value is -0.870. The lowest BCUT2D eigenvalue weighted by Crippen LogP contribution is -2.43. The average molecular weight is 238 g/mol. The molecule has 0 bridgehead atoms. The molecule has 0 N–H and O–H groups in total.